The lowest BCUT2D eigenvalue weighted by molar-refractivity contribution is -0.153. The monoisotopic (exact) mass is 434 g/mol. The Morgan fingerprint density at radius 1 is 1.20 bits per heavy atom. The molecule has 8 heteroatoms. The second kappa shape index (κ2) is 8.75. The highest BCUT2D eigenvalue weighted by atomic mass is 32.2. The molecule has 1 N–H and O–H groups in total. The van der Waals surface area contributed by atoms with Crippen LogP contribution in [-0.2, 0) is 19.1 Å². The number of ether oxygens (including phenoxy) is 1. The molecule has 4 aliphatic rings. The van der Waals surface area contributed by atoms with Crippen LogP contribution in [0.25, 0.3) is 0 Å². The second-order valence-electron chi connectivity index (χ2n) is 8.38. The van der Waals surface area contributed by atoms with Gasteiger partial charge in [-0.2, -0.15) is 0 Å². The van der Waals surface area contributed by atoms with E-state index in [0.717, 1.165) is 19.3 Å². The first kappa shape index (κ1) is 21.4. The minimum Gasteiger partial charge on any atom is -0.465 e. The third kappa shape index (κ3) is 3.38. The number of nitrogens with zero attached hydrogens (tertiary/aromatic N) is 2. The molecule has 0 saturated carbocycles. The Labute approximate surface area is 181 Å². The number of esters is 1. The van der Waals surface area contributed by atoms with Crippen molar-refractivity contribution in [1.29, 1.82) is 0 Å². The van der Waals surface area contributed by atoms with E-state index >= 15 is 0 Å². The van der Waals surface area contributed by atoms with Crippen molar-refractivity contribution in [3.63, 3.8) is 0 Å². The van der Waals surface area contributed by atoms with Crippen LogP contribution in [0.3, 0.4) is 0 Å². The maximum absolute atomic E-state index is 13.7. The Hall–Kier alpha value is -1.80. The molecule has 7 nitrogen and oxygen atoms in total. The lowest BCUT2D eigenvalue weighted by atomic mass is 9.78. The van der Waals surface area contributed by atoms with Gasteiger partial charge in [0.05, 0.1) is 29.8 Å². The first-order chi connectivity index (χ1) is 14.5. The largest absolute Gasteiger partial charge is 0.465 e. The second-order valence-corrected chi connectivity index (χ2v) is 9.86. The van der Waals surface area contributed by atoms with Crippen molar-refractivity contribution < 1.29 is 24.2 Å². The normalized spacial score (nSPS) is 35.5. The quantitative estimate of drug-likeness (QED) is 0.386. The molecule has 1 unspecified atom stereocenters. The number of fused-ring (bicyclic) bond motifs is 2. The molecule has 0 radical (unpaired) electrons. The van der Waals surface area contributed by atoms with Gasteiger partial charge in [0.25, 0.3) is 0 Å². The van der Waals surface area contributed by atoms with Crippen molar-refractivity contribution in [3.8, 4) is 0 Å². The number of carbonyl (C=O) groups is 3. The van der Waals surface area contributed by atoms with Crippen LogP contribution in [0.15, 0.2) is 24.3 Å². The summed E-state index contributed by atoms with van der Waals surface area (Å²) in [5.74, 6) is -1.95. The molecule has 4 aliphatic heterocycles. The fourth-order valence-electron chi connectivity index (χ4n) is 5.26. The summed E-state index contributed by atoms with van der Waals surface area (Å²) in [4.78, 5) is 43.4. The van der Waals surface area contributed by atoms with Gasteiger partial charge >= 0.3 is 5.97 Å². The molecule has 0 bridgehead atoms. The highest BCUT2D eigenvalue weighted by Crippen LogP contribution is 2.60. The first-order valence-electron chi connectivity index (χ1n) is 10.9. The number of carbonyl (C=O) groups excluding carboxylic acids is 3. The fraction of sp³-hybridized carbons (Fsp3) is 0.682. The number of likely N-dealkylation sites (tertiary alicyclic amines) is 1. The van der Waals surface area contributed by atoms with Gasteiger partial charge in [-0.05, 0) is 12.8 Å². The van der Waals surface area contributed by atoms with E-state index in [1.54, 1.807) is 0 Å². The van der Waals surface area contributed by atoms with Gasteiger partial charge in [-0.25, -0.2) is 0 Å². The molecule has 30 heavy (non-hydrogen) atoms. The number of unbranched alkanes of at least 4 members (excludes halogenated alkanes) is 2. The zero-order valence-electron chi connectivity index (χ0n) is 17.4. The standard InChI is InChI=1S/C22H30N2O5S/c1-2-3-5-10-23-11-7-9-22-17(19(26)24(12-13-25)18(22)20(23)27)16-15(30-22)8-4-6-14-29-21(16)28/h4,7-9,15-18,25H,2-3,5-6,10-14H2,1H3/t15-,16+,17+,18?,22+/m1/s1. The Morgan fingerprint density at radius 2 is 2.03 bits per heavy atom. The van der Waals surface area contributed by atoms with E-state index in [0.29, 0.717) is 26.1 Å². The van der Waals surface area contributed by atoms with Gasteiger partial charge in [0.15, 0.2) is 0 Å². The van der Waals surface area contributed by atoms with E-state index in [9.17, 15) is 19.5 Å². The minimum absolute atomic E-state index is 0.0838. The lowest BCUT2D eigenvalue weighted by Crippen LogP contribution is -2.53. The summed E-state index contributed by atoms with van der Waals surface area (Å²) in [6.45, 7) is 3.45. The van der Waals surface area contributed by atoms with Gasteiger partial charge in [0.1, 0.15) is 6.04 Å². The Balaban J connectivity index is 1.74. The van der Waals surface area contributed by atoms with Gasteiger partial charge in [-0.15, -0.1) is 11.8 Å². The van der Waals surface area contributed by atoms with E-state index in [1.165, 1.54) is 16.7 Å². The van der Waals surface area contributed by atoms with E-state index < -0.39 is 22.6 Å². The summed E-state index contributed by atoms with van der Waals surface area (Å²) in [5.41, 5.74) is 0. The molecule has 2 fully saturated rings. The van der Waals surface area contributed by atoms with Gasteiger partial charge in [-0.3, -0.25) is 14.4 Å². The van der Waals surface area contributed by atoms with E-state index in [1.807, 2.05) is 29.2 Å². The van der Waals surface area contributed by atoms with E-state index in [4.69, 9.17) is 4.74 Å². The number of thioether (sulfide) groups is 1. The Morgan fingerprint density at radius 3 is 2.80 bits per heavy atom. The number of hydrogen-bond donors (Lipinski definition) is 1. The number of hydrogen-bond acceptors (Lipinski definition) is 6. The molecular formula is C22H30N2O5S. The predicted molar refractivity (Wildman–Crippen MR) is 114 cm³/mol. The summed E-state index contributed by atoms with van der Waals surface area (Å²) in [5, 5.41) is 9.41. The highest BCUT2D eigenvalue weighted by molar-refractivity contribution is 8.02. The first-order valence-corrected chi connectivity index (χ1v) is 11.8. The maximum Gasteiger partial charge on any atom is 0.311 e. The van der Waals surface area contributed by atoms with Crippen molar-refractivity contribution >= 4 is 29.5 Å². The van der Waals surface area contributed by atoms with Crippen LogP contribution in [0.5, 0.6) is 0 Å². The van der Waals surface area contributed by atoms with Gasteiger partial charge in [-0.1, -0.05) is 44.1 Å². The van der Waals surface area contributed by atoms with Crippen LogP contribution in [0.2, 0.25) is 0 Å². The van der Waals surface area contributed by atoms with Gasteiger partial charge in [0, 0.05) is 24.9 Å². The van der Waals surface area contributed by atoms with Crippen LogP contribution in [0.1, 0.15) is 32.6 Å². The van der Waals surface area contributed by atoms with Crippen molar-refractivity contribution in [2.75, 3.05) is 32.8 Å². The van der Waals surface area contributed by atoms with Crippen molar-refractivity contribution in [2.24, 2.45) is 11.8 Å². The van der Waals surface area contributed by atoms with Crippen molar-refractivity contribution in [3.05, 3.63) is 24.3 Å². The van der Waals surface area contributed by atoms with Crippen LogP contribution >= 0.6 is 11.8 Å². The number of cyclic esters (lactones) is 1. The molecule has 164 valence electrons. The molecule has 0 aliphatic carbocycles. The number of aliphatic hydroxyl groups is 1. The maximum atomic E-state index is 13.7. The molecule has 4 rings (SSSR count). The summed E-state index contributed by atoms with van der Waals surface area (Å²) in [7, 11) is 0. The molecular weight excluding hydrogens is 404 g/mol. The average Bonchev–Trinajstić information content (AvgIpc) is 3.09. The molecule has 0 aromatic carbocycles. The van der Waals surface area contributed by atoms with E-state index in [-0.39, 0.29) is 36.2 Å². The number of rotatable bonds is 6. The molecule has 0 aromatic rings. The third-order valence-electron chi connectivity index (χ3n) is 6.58. The summed E-state index contributed by atoms with van der Waals surface area (Å²) in [6.07, 6.45) is 11.7. The summed E-state index contributed by atoms with van der Waals surface area (Å²) in [6, 6.07) is -0.707. The van der Waals surface area contributed by atoms with E-state index in [2.05, 4.69) is 6.92 Å². The Kier molecular flexibility index (Phi) is 6.25. The van der Waals surface area contributed by atoms with Gasteiger partial charge < -0.3 is 19.6 Å². The van der Waals surface area contributed by atoms with Gasteiger partial charge in [0.2, 0.25) is 11.8 Å². The molecule has 2 saturated heterocycles. The lowest BCUT2D eigenvalue weighted by Gasteiger charge is -2.35. The fourth-order valence-corrected chi connectivity index (χ4v) is 7.26. The minimum atomic E-state index is -0.814. The molecule has 2 amide bonds. The Bertz CT molecular complexity index is 769. The molecule has 0 aromatic heterocycles. The number of amides is 2. The number of aliphatic hydroxyl groups excluding tert-OH is 1. The van der Waals surface area contributed by atoms with Crippen LogP contribution in [0.4, 0.5) is 0 Å². The molecule has 5 atom stereocenters. The summed E-state index contributed by atoms with van der Waals surface area (Å²) < 4.78 is 4.61. The average molecular weight is 435 g/mol. The molecule has 4 heterocycles. The predicted octanol–water partition coefficient (Wildman–Crippen LogP) is 1.37. The van der Waals surface area contributed by atoms with Crippen LogP contribution in [0, 0.1) is 11.8 Å². The number of β-amino-alcohol motifs (C(OH)–C–C–N with tert-alkyl or cyclic N) is 1. The molecule has 1 spiro atoms. The topological polar surface area (TPSA) is 87.2 Å². The zero-order valence-corrected chi connectivity index (χ0v) is 18.2. The van der Waals surface area contributed by atoms with Crippen molar-refractivity contribution in [1.82, 2.24) is 9.80 Å². The SMILES string of the molecule is CCCCCN1CC=C[C@]23S[C@@H]4C=CCCOC(=O)[C@@H]4[C@H]2C(=O)N(CCO)C3C1=O. The van der Waals surface area contributed by atoms with Crippen LogP contribution in [-0.4, -0.2) is 81.6 Å². The van der Waals surface area contributed by atoms with Crippen LogP contribution < -0.4 is 0 Å². The zero-order chi connectivity index (χ0) is 21.3. The van der Waals surface area contributed by atoms with Crippen molar-refractivity contribution in [2.45, 2.75) is 48.6 Å². The summed E-state index contributed by atoms with van der Waals surface area (Å²) >= 11 is 1.54. The highest BCUT2D eigenvalue weighted by Gasteiger charge is 2.70. The third-order valence-corrected chi connectivity index (χ3v) is 8.32. The smallest absolute Gasteiger partial charge is 0.311 e.